The molecule has 0 atom stereocenters. The molecular formula is C18H17CuN3O12S3. The maximum atomic E-state index is 12.4. The van der Waals surface area contributed by atoms with E-state index in [-0.39, 0.29) is 25.6 Å². The minimum absolute atomic E-state index is 0. The molecule has 0 saturated heterocycles. The first-order valence-corrected chi connectivity index (χ1v) is 13.7. The van der Waals surface area contributed by atoms with Gasteiger partial charge >= 0.3 is 19.9 Å². The molecule has 19 heteroatoms. The standard InChI is InChI=1S/C18H19N3O12S3.Cu/c1-11(22)17(18(24)19-12-2-4-13(5-3-12)35(27,28)29)21-20-15-10-14(6-7-16(15)23)34(25,26)9-8-33-36(30,31)32;/h2-7,10,22-23H,8-9H2,1H3,(H,19,24)(H,27,28,29)(H,30,31,32);/q;+2/p-2. The second-order valence-electron chi connectivity index (χ2n) is 6.72. The van der Waals surface area contributed by atoms with Gasteiger partial charge in [-0.3, -0.25) is 8.98 Å². The third-order valence-corrected chi connectivity index (χ3v) is 7.06. The van der Waals surface area contributed by atoms with Crippen LogP contribution in [0.25, 0.3) is 0 Å². The Labute approximate surface area is 225 Å². The molecule has 0 fully saturated rings. The van der Waals surface area contributed by atoms with E-state index in [1.807, 2.05) is 0 Å². The van der Waals surface area contributed by atoms with Crippen molar-refractivity contribution in [2.45, 2.75) is 16.7 Å². The smallest absolute Gasteiger partial charge is 0.874 e. The second kappa shape index (κ2) is 12.6. The molecule has 0 spiro atoms. The van der Waals surface area contributed by atoms with Crippen molar-refractivity contribution in [3.05, 3.63) is 53.9 Å². The summed E-state index contributed by atoms with van der Waals surface area (Å²) in [5.74, 6) is -3.78. The Balaban J connectivity index is 0. The molecule has 0 saturated carbocycles. The van der Waals surface area contributed by atoms with Crippen molar-refractivity contribution in [3.63, 3.8) is 0 Å². The van der Waals surface area contributed by atoms with Crippen molar-refractivity contribution < 1.29 is 73.5 Å². The van der Waals surface area contributed by atoms with E-state index in [0.717, 1.165) is 49.4 Å². The van der Waals surface area contributed by atoms with Crippen molar-refractivity contribution >= 4 is 47.6 Å². The number of hydrogen-bond acceptors (Lipinski definition) is 14. The Morgan fingerprint density at radius 3 is 2.08 bits per heavy atom. The van der Waals surface area contributed by atoms with E-state index in [2.05, 4.69) is 19.7 Å². The summed E-state index contributed by atoms with van der Waals surface area (Å²) in [7, 11) is -14.1. The van der Waals surface area contributed by atoms with Gasteiger partial charge in [0, 0.05) is 5.69 Å². The number of nitrogens with one attached hydrogen (secondary N) is 1. The predicted octanol–water partition coefficient (Wildman–Crippen LogP) is -0.548. The van der Waals surface area contributed by atoms with Gasteiger partial charge in [-0.05, 0) is 36.4 Å². The zero-order valence-electron chi connectivity index (χ0n) is 20.3. The third-order valence-electron chi connectivity index (χ3n) is 4.08. The molecule has 2 aromatic carbocycles. The molecule has 0 aliphatic rings. The molecule has 0 aromatic heterocycles. The molecule has 0 aliphatic heterocycles. The van der Waals surface area contributed by atoms with Crippen LogP contribution in [0.5, 0.6) is 5.75 Å². The van der Waals surface area contributed by atoms with Gasteiger partial charge in [0.1, 0.15) is 15.8 Å². The SMILES string of the molecule is CC([O-])=C(N=Nc1cc(S(=O)(=O)CCOS(=O)(=O)[O-])ccc1[O-])C(=O)Nc1ccc(S(=O)(=O)[O-])cc1.[Cu+2].[H+].[H+]. The maximum absolute atomic E-state index is 12.4. The predicted molar refractivity (Wildman–Crippen MR) is 116 cm³/mol. The number of hydrogen-bond donors (Lipinski definition) is 1. The Hall–Kier alpha value is -2.90. The summed E-state index contributed by atoms with van der Waals surface area (Å²) in [6.45, 7) is -0.0294. The number of amides is 1. The Kier molecular flexibility index (Phi) is 10.9. The summed E-state index contributed by atoms with van der Waals surface area (Å²) in [6.07, 6.45) is 0. The third kappa shape index (κ3) is 9.82. The minimum atomic E-state index is -5.12. The number of carbonyl (C=O) groups is 1. The van der Waals surface area contributed by atoms with Gasteiger partial charge in [0.2, 0.25) is 10.4 Å². The first kappa shape index (κ1) is 32.1. The number of anilines is 1. The first-order valence-electron chi connectivity index (χ1n) is 9.30. The summed E-state index contributed by atoms with van der Waals surface area (Å²) in [4.78, 5) is 11.3. The molecule has 1 N–H and O–H groups in total. The molecule has 0 aliphatic carbocycles. The number of carbonyl (C=O) groups excluding carboxylic acids is 1. The molecule has 2 rings (SSSR count). The Morgan fingerprint density at radius 1 is 1.00 bits per heavy atom. The Morgan fingerprint density at radius 2 is 1.57 bits per heavy atom. The molecular weight excluding hydrogens is 610 g/mol. The van der Waals surface area contributed by atoms with Crippen molar-refractivity contribution in [1.82, 2.24) is 0 Å². The van der Waals surface area contributed by atoms with E-state index in [0.29, 0.717) is 0 Å². The van der Waals surface area contributed by atoms with Crippen LogP contribution in [0.15, 0.2) is 73.9 Å². The summed E-state index contributed by atoms with van der Waals surface area (Å²) in [5, 5.41) is 33.0. The Bertz CT molecular complexity index is 1540. The average Bonchev–Trinajstić information content (AvgIpc) is 2.73. The van der Waals surface area contributed by atoms with Crippen LogP contribution in [0.1, 0.15) is 9.78 Å². The largest absolute Gasteiger partial charge is 2.00 e. The fourth-order valence-corrected chi connectivity index (χ4v) is 4.37. The quantitative estimate of drug-likeness (QED) is 0.0869. The second-order valence-corrected chi connectivity index (χ2v) is 11.3. The van der Waals surface area contributed by atoms with Crippen LogP contribution in [-0.4, -0.2) is 52.6 Å². The number of azo groups is 1. The van der Waals surface area contributed by atoms with E-state index in [4.69, 9.17) is 0 Å². The molecule has 0 unspecified atom stereocenters. The van der Waals surface area contributed by atoms with Crippen LogP contribution in [0.3, 0.4) is 0 Å². The van der Waals surface area contributed by atoms with Crippen LogP contribution in [0, 0.1) is 0 Å². The molecule has 1 radical (unpaired) electrons. The molecule has 0 heterocycles. The van der Waals surface area contributed by atoms with E-state index in [9.17, 15) is 49.4 Å². The van der Waals surface area contributed by atoms with Gasteiger partial charge in [-0.1, -0.05) is 18.7 Å². The average molecular weight is 627 g/mol. The van der Waals surface area contributed by atoms with Gasteiger partial charge < -0.3 is 24.6 Å². The van der Waals surface area contributed by atoms with Crippen LogP contribution in [0.4, 0.5) is 11.4 Å². The van der Waals surface area contributed by atoms with E-state index in [1.165, 1.54) is 0 Å². The molecule has 1 amide bonds. The van der Waals surface area contributed by atoms with Gasteiger partial charge in [-0.2, -0.15) is 5.11 Å². The maximum Gasteiger partial charge on any atom is 2.00 e. The van der Waals surface area contributed by atoms with E-state index >= 15 is 0 Å². The summed E-state index contributed by atoms with van der Waals surface area (Å²) in [6, 6.07) is 6.42. The van der Waals surface area contributed by atoms with Crippen LogP contribution < -0.4 is 15.5 Å². The molecule has 2 aromatic rings. The van der Waals surface area contributed by atoms with Crippen molar-refractivity contribution in [3.8, 4) is 5.75 Å². The zero-order valence-corrected chi connectivity index (χ0v) is 21.7. The van der Waals surface area contributed by atoms with Gasteiger partial charge in [0.15, 0.2) is 9.84 Å². The number of allylic oxidation sites excluding steroid dienone is 1. The molecule has 15 nitrogen and oxygen atoms in total. The minimum Gasteiger partial charge on any atom is -0.874 e. The van der Waals surface area contributed by atoms with Gasteiger partial charge in [-0.15, -0.1) is 10.9 Å². The summed E-state index contributed by atoms with van der Waals surface area (Å²) in [5.41, 5.74) is -1.41. The fraction of sp³-hybridized carbons (Fsp3) is 0.167. The van der Waals surface area contributed by atoms with Gasteiger partial charge in [0.25, 0.3) is 5.91 Å². The van der Waals surface area contributed by atoms with Crippen LogP contribution in [0.2, 0.25) is 0 Å². The number of sulfone groups is 1. The van der Waals surface area contributed by atoms with Crippen molar-refractivity contribution in [1.29, 1.82) is 0 Å². The number of rotatable bonds is 10. The monoisotopic (exact) mass is 626 g/mol. The number of nitrogens with zero attached hydrogens (tertiary/aromatic N) is 2. The molecule has 205 valence electrons. The molecule has 37 heavy (non-hydrogen) atoms. The topological polar surface area (TPSA) is 258 Å². The van der Waals surface area contributed by atoms with E-state index in [1.54, 1.807) is 0 Å². The van der Waals surface area contributed by atoms with E-state index < -0.39 is 81.3 Å². The fourth-order valence-electron chi connectivity index (χ4n) is 2.41. The van der Waals surface area contributed by atoms with Gasteiger partial charge in [-0.25, -0.2) is 25.3 Å². The number of benzene rings is 2. The van der Waals surface area contributed by atoms with Gasteiger partial charge in [0.05, 0.1) is 27.8 Å². The normalized spacial score (nSPS) is 13.1. The van der Waals surface area contributed by atoms with Crippen LogP contribution in [-0.2, 0) is 56.4 Å². The summed E-state index contributed by atoms with van der Waals surface area (Å²) >= 11 is 0. The van der Waals surface area contributed by atoms with Crippen molar-refractivity contribution in [2.75, 3.05) is 17.7 Å². The molecule has 0 bridgehead atoms. The first-order chi connectivity index (χ1) is 16.5. The van der Waals surface area contributed by atoms with Crippen LogP contribution >= 0.6 is 0 Å². The van der Waals surface area contributed by atoms with Crippen molar-refractivity contribution in [2.24, 2.45) is 10.2 Å². The zero-order chi connectivity index (χ0) is 27.3. The summed E-state index contributed by atoms with van der Waals surface area (Å²) < 4.78 is 92.6.